The molecule has 0 bridgehead atoms. The quantitative estimate of drug-likeness (QED) is 0.167. The molecule has 1 aromatic carbocycles. The first-order valence-corrected chi connectivity index (χ1v) is 13.7. The molecule has 1 aliphatic rings. The fraction of sp³-hybridized carbons (Fsp3) is 0.250. The summed E-state index contributed by atoms with van der Waals surface area (Å²) in [5.74, 6) is -0.382. The molecule has 6 N–H and O–H groups in total. The second kappa shape index (κ2) is 11.4. The Hall–Kier alpha value is -4.71. The molecule has 16 nitrogen and oxygen atoms in total. The van der Waals surface area contributed by atoms with E-state index in [0.717, 1.165) is 6.33 Å². The molecular weight excluding hydrogens is 558 g/mol. The fourth-order valence-electron chi connectivity index (χ4n) is 4.12. The summed E-state index contributed by atoms with van der Waals surface area (Å²) in [5, 5.41) is 28.5. The molecule has 0 aliphatic carbocycles. The van der Waals surface area contributed by atoms with Crippen LogP contribution < -0.4 is 20.7 Å². The number of nitrogens with one attached hydrogen (secondary N) is 4. The molecule has 4 atom stereocenters. The maximum Gasteiger partial charge on any atom is 0.324 e. The van der Waals surface area contributed by atoms with Crippen molar-refractivity contribution in [2.45, 2.75) is 36.4 Å². The Kier molecular flexibility index (Phi) is 7.75. The number of likely N-dealkylation sites (N-methyl/N-ethyl adjacent to an activating group) is 1. The molecule has 4 aromatic rings. The summed E-state index contributed by atoms with van der Waals surface area (Å²) < 4.78 is 34.5. The number of imidazole rings is 1. The monoisotopic (exact) mass is 583 g/mol. The molecule has 0 saturated carbocycles. The minimum Gasteiger partial charge on any atom is -0.387 e. The molecule has 1 saturated heterocycles. The average molecular weight is 584 g/mol. The number of fused-ring (bicyclic) bond motifs is 1. The van der Waals surface area contributed by atoms with E-state index in [1.807, 2.05) is 0 Å². The lowest BCUT2D eigenvalue weighted by Gasteiger charge is -2.16. The Morgan fingerprint density at radius 2 is 1.78 bits per heavy atom. The average Bonchev–Trinajstić information content (AvgIpc) is 3.51. The Bertz CT molecular complexity index is 1670. The predicted molar refractivity (Wildman–Crippen MR) is 144 cm³/mol. The van der Waals surface area contributed by atoms with Crippen LogP contribution in [-0.2, 0) is 19.6 Å². The zero-order valence-corrected chi connectivity index (χ0v) is 22.2. The number of amides is 3. The van der Waals surface area contributed by atoms with Crippen LogP contribution in [0.2, 0.25) is 0 Å². The van der Waals surface area contributed by atoms with Gasteiger partial charge in [0.2, 0.25) is 0 Å². The van der Waals surface area contributed by atoms with E-state index in [0.29, 0.717) is 12.2 Å². The molecule has 4 heterocycles. The molecule has 3 amide bonds. The van der Waals surface area contributed by atoms with Crippen molar-refractivity contribution < 1.29 is 33.0 Å². The third-order valence-electron chi connectivity index (χ3n) is 6.04. The van der Waals surface area contributed by atoms with Gasteiger partial charge in [-0.25, -0.2) is 33.1 Å². The summed E-state index contributed by atoms with van der Waals surface area (Å²) in [7, 11) is -3.89. The van der Waals surface area contributed by atoms with Gasteiger partial charge in [-0.3, -0.25) is 19.4 Å². The molecule has 5 rings (SSSR count). The highest BCUT2D eigenvalue weighted by Crippen LogP contribution is 2.32. The summed E-state index contributed by atoms with van der Waals surface area (Å²) >= 11 is 0. The maximum atomic E-state index is 12.7. The predicted octanol–water partition coefficient (Wildman–Crippen LogP) is 0.421. The number of rotatable bonds is 8. The number of benzene rings is 1. The normalized spacial score (nSPS) is 20.5. The number of pyridine rings is 1. The van der Waals surface area contributed by atoms with Crippen LogP contribution in [0.25, 0.3) is 11.2 Å². The number of aromatic nitrogens is 5. The second-order valence-electron chi connectivity index (χ2n) is 8.79. The van der Waals surface area contributed by atoms with Crippen molar-refractivity contribution in [3.8, 4) is 0 Å². The van der Waals surface area contributed by atoms with Gasteiger partial charge in [0.15, 0.2) is 29.3 Å². The fourth-order valence-corrected chi connectivity index (χ4v) is 5.13. The number of aliphatic hydroxyl groups is 2. The molecule has 1 aliphatic heterocycles. The third-order valence-corrected chi connectivity index (χ3v) is 7.41. The number of carbonyl (C=O) groups is 2. The van der Waals surface area contributed by atoms with E-state index in [9.17, 15) is 28.2 Å². The standard InChI is InChI=1S/C24H25N9O7S/c1-2-25-22(36)19-17(34)18(35)23(40-19)33-12-29-16-20(27-11-28-21(16)33)31-24(37)30-13-6-8-14(9-7-13)41(38,39)32-15-5-3-4-10-26-15/h3-12,17-19,23,34-35H,2H2,1H3,(H,25,36)(H,26,32)(H2,27,28,30,31,37)/t17-,18+,19-,23?/m0/s1. The van der Waals surface area contributed by atoms with E-state index in [1.165, 1.54) is 47.4 Å². The summed E-state index contributed by atoms with van der Waals surface area (Å²) in [4.78, 5) is 41.2. The van der Waals surface area contributed by atoms with Crippen LogP contribution in [0.4, 0.5) is 22.1 Å². The van der Waals surface area contributed by atoms with Crippen molar-refractivity contribution in [3.63, 3.8) is 0 Å². The summed E-state index contributed by atoms with van der Waals surface area (Å²) in [5.41, 5.74) is 0.609. The number of hydrogen-bond acceptors (Lipinski definition) is 11. The van der Waals surface area contributed by atoms with E-state index < -0.39 is 46.5 Å². The first-order valence-electron chi connectivity index (χ1n) is 12.3. The van der Waals surface area contributed by atoms with Crippen LogP contribution in [0.3, 0.4) is 0 Å². The number of urea groups is 1. The van der Waals surface area contributed by atoms with Gasteiger partial charge in [0.25, 0.3) is 15.9 Å². The summed E-state index contributed by atoms with van der Waals surface area (Å²) in [6, 6.07) is 9.57. The van der Waals surface area contributed by atoms with Crippen molar-refractivity contribution >= 4 is 50.4 Å². The number of carbonyl (C=O) groups excluding carboxylic acids is 2. The Morgan fingerprint density at radius 3 is 2.49 bits per heavy atom. The van der Waals surface area contributed by atoms with Crippen LogP contribution in [0.1, 0.15) is 13.2 Å². The lowest BCUT2D eigenvalue weighted by Crippen LogP contribution is -2.42. The molecular formula is C24H25N9O7S. The Balaban J connectivity index is 1.27. The van der Waals surface area contributed by atoms with E-state index in [1.54, 1.807) is 19.1 Å². The zero-order valence-electron chi connectivity index (χ0n) is 21.4. The van der Waals surface area contributed by atoms with Gasteiger partial charge in [0, 0.05) is 18.4 Å². The molecule has 17 heteroatoms. The molecule has 0 radical (unpaired) electrons. The van der Waals surface area contributed by atoms with E-state index in [2.05, 4.69) is 40.6 Å². The minimum absolute atomic E-state index is 0.0262. The first-order chi connectivity index (χ1) is 19.7. The van der Waals surface area contributed by atoms with Crippen LogP contribution in [0.15, 0.2) is 66.2 Å². The summed E-state index contributed by atoms with van der Waals surface area (Å²) in [6.07, 6.45) is -1.53. The van der Waals surface area contributed by atoms with E-state index in [-0.39, 0.29) is 27.7 Å². The topological polar surface area (TPSA) is 223 Å². The molecule has 3 aromatic heterocycles. The SMILES string of the molecule is CCNC(=O)[C@H]1OC(n2cnc3c(NC(=O)Nc4ccc(S(=O)(=O)Nc5ccccn5)cc4)ncnc32)[C@H](O)[C@@H]1O. The van der Waals surface area contributed by atoms with E-state index in [4.69, 9.17) is 4.74 Å². The van der Waals surface area contributed by atoms with Crippen molar-refractivity contribution in [1.82, 2.24) is 29.8 Å². The molecule has 1 unspecified atom stereocenters. The third kappa shape index (κ3) is 5.78. The second-order valence-corrected chi connectivity index (χ2v) is 10.5. The van der Waals surface area contributed by atoms with Gasteiger partial charge in [-0.15, -0.1) is 0 Å². The van der Waals surface area contributed by atoms with Gasteiger partial charge in [-0.1, -0.05) is 6.07 Å². The van der Waals surface area contributed by atoms with Gasteiger partial charge in [-0.2, -0.15) is 0 Å². The van der Waals surface area contributed by atoms with Crippen molar-refractivity contribution in [3.05, 3.63) is 61.3 Å². The highest BCUT2D eigenvalue weighted by molar-refractivity contribution is 7.92. The lowest BCUT2D eigenvalue weighted by molar-refractivity contribution is -0.137. The van der Waals surface area contributed by atoms with Gasteiger partial charge in [0.1, 0.15) is 24.4 Å². The summed E-state index contributed by atoms with van der Waals surface area (Å²) in [6.45, 7) is 2.02. The van der Waals surface area contributed by atoms with Crippen molar-refractivity contribution in [2.75, 3.05) is 21.9 Å². The zero-order chi connectivity index (χ0) is 29.1. The van der Waals surface area contributed by atoms with Crippen molar-refractivity contribution in [1.29, 1.82) is 0 Å². The smallest absolute Gasteiger partial charge is 0.324 e. The van der Waals surface area contributed by atoms with Gasteiger partial charge >= 0.3 is 6.03 Å². The molecule has 214 valence electrons. The van der Waals surface area contributed by atoms with E-state index >= 15 is 0 Å². The number of aliphatic hydroxyl groups excluding tert-OH is 2. The Labute approximate surface area is 232 Å². The highest BCUT2D eigenvalue weighted by Gasteiger charge is 2.47. The van der Waals surface area contributed by atoms with Gasteiger partial charge in [-0.05, 0) is 43.3 Å². The van der Waals surface area contributed by atoms with Crippen molar-refractivity contribution in [2.24, 2.45) is 0 Å². The Morgan fingerprint density at radius 1 is 1.00 bits per heavy atom. The number of sulfonamides is 1. The highest BCUT2D eigenvalue weighted by atomic mass is 32.2. The molecule has 0 spiro atoms. The number of hydrogen-bond donors (Lipinski definition) is 6. The van der Waals surface area contributed by atoms with Gasteiger partial charge < -0.3 is 25.6 Å². The first kappa shape index (κ1) is 27.8. The number of ether oxygens (including phenoxy) is 1. The molecule has 1 fully saturated rings. The van der Waals surface area contributed by atoms with Crippen LogP contribution in [-0.4, -0.2) is 79.9 Å². The largest absolute Gasteiger partial charge is 0.387 e. The molecule has 41 heavy (non-hydrogen) atoms. The minimum atomic E-state index is -3.89. The maximum absolute atomic E-state index is 12.7. The van der Waals surface area contributed by atoms with Gasteiger partial charge in [0.05, 0.1) is 11.2 Å². The number of anilines is 3. The van der Waals surface area contributed by atoms with Crippen LogP contribution in [0, 0.1) is 0 Å². The van der Waals surface area contributed by atoms with Crippen LogP contribution >= 0.6 is 0 Å². The van der Waals surface area contributed by atoms with Crippen LogP contribution in [0.5, 0.6) is 0 Å². The number of nitrogens with zero attached hydrogens (tertiary/aromatic N) is 5. The lowest BCUT2D eigenvalue weighted by atomic mass is 10.1.